The Hall–Kier alpha value is -3.39. The predicted molar refractivity (Wildman–Crippen MR) is 113 cm³/mol. The van der Waals surface area contributed by atoms with Crippen LogP contribution in [0.1, 0.15) is 25.3 Å². The highest BCUT2D eigenvalue weighted by Crippen LogP contribution is 2.27. The van der Waals surface area contributed by atoms with Crippen LogP contribution in [0.3, 0.4) is 0 Å². The van der Waals surface area contributed by atoms with Crippen LogP contribution in [-0.4, -0.2) is 23.1 Å². The van der Waals surface area contributed by atoms with Gasteiger partial charge in [0.05, 0.1) is 17.3 Å². The molecule has 28 heavy (non-hydrogen) atoms. The molecular formula is C23H23N5. The van der Waals surface area contributed by atoms with Gasteiger partial charge in [0, 0.05) is 30.4 Å². The van der Waals surface area contributed by atoms with E-state index in [4.69, 9.17) is 15.2 Å². The lowest BCUT2D eigenvalue weighted by atomic mass is 10.00. The molecule has 0 spiro atoms. The molecule has 1 aliphatic rings. The molecule has 0 amide bonds. The molecule has 0 saturated carbocycles. The second kappa shape index (κ2) is 8.10. The van der Waals surface area contributed by atoms with Gasteiger partial charge < -0.3 is 10.2 Å². The van der Waals surface area contributed by atoms with E-state index in [0.717, 1.165) is 60.6 Å². The summed E-state index contributed by atoms with van der Waals surface area (Å²) in [5.74, 6) is 2.28. The summed E-state index contributed by atoms with van der Waals surface area (Å²) < 4.78 is 0. The van der Waals surface area contributed by atoms with Gasteiger partial charge in [-0.1, -0.05) is 37.3 Å². The molecule has 1 N–H and O–H groups in total. The van der Waals surface area contributed by atoms with Crippen LogP contribution in [0.2, 0.25) is 0 Å². The Balaban J connectivity index is 1.68. The van der Waals surface area contributed by atoms with Gasteiger partial charge in [-0.25, -0.2) is 4.98 Å². The summed E-state index contributed by atoms with van der Waals surface area (Å²) in [7, 11) is 0. The van der Waals surface area contributed by atoms with E-state index in [1.165, 1.54) is 0 Å². The van der Waals surface area contributed by atoms with Crippen molar-refractivity contribution in [2.75, 3.05) is 23.3 Å². The van der Waals surface area contributed by atoms with E-state index in [-0.39, 0.29) is 0 Å². The normalized spacial score (nSPS) is 14.5. The number of nitrogens with zero attached hydrogens (tertiary/aromatic N) is 4. The molecule has 140 valence electrons. The summed E-state index contributed by atoms with van der Waals surface area (Å²) in [4.78, 5) is 11.9. The van der Waals surface area contributed by atoms with Crippen LogP contribution in [0.25, 0.3) is 11.3 Å². The molecule has 2 aromatic carbocycles. The summed E-state index contributed by atoms with van der Waals surface area (Å²) in [6, 6.07) is 21.7. The second-order valence-electron chi connectivity index (χ2n) is 7.29. The first-order valence-corrected chi connectivity index (χ1v) is 9.68. The maximum absolute atomic E-state index is 8.98. The third-order valence-corrected chi connectivity index (χ3v) is 5.14. The number of benzene rings is 2. The third-order valence-electron chi connectivity index (χ3n) is 5.14. The number of hydrogen-bond acceptors (Lipinski definition) is 5. The highest BCUT2D eigenvalue weighted by atomic mass is 15.3. The molecule has 0 bridgehead atoms. The molecule has 2 heterocycles. The predicted octanol–water partition coefficient (Wildman–Crippen LogP) is 5.00. The Kier molecular flexibility index (Phi) is 5.20. The molecule has 4 rings (SSSR count). The Morgan fingerprint density at radius 2 is 1.71 bits per heavy atom. The smallest absolute Gasteiger partial charge is 0.227 e. The monoisotopic (exact) mass is 369 g/mol. The molecule has 5 heteroatoms. The Morgan fingerprint density at radius 1 is 1.00 bits per heavy atom. The molecule has 1 fully saturated rings. The standard InChI is InChI=1S/C23H23N5/c1-17-11-13-28(14-12-17)23-26-21(19-5-3-2-4-6-19)15-22(27-23)25-20-9-7-18(16-24)8-10-20/h2-10,15,17H,11-14H2,1H3,(H,25,26,27). The van der Waals surface area contributed by atoms with E-state index >= 15 is 0 Å². The minimum absolute atomic E-state index is 0.640. The minimum Gasteiger partial charge on any atom is -0.341 e. The van der Waals surface area contributed by atoms with Gasteiger partial charge in [-0.3, -0.25) is 0 Å². The maximum atomic E-state index is 8.98. The number of nitriles is 1. The van der Waals surface area contributed by atoms with Crippen molar-refractivity contribution in [1.29, 1.82) is 5.26 Å². The van der Waals surface area contributed by atoms with Crippen LogP contribution in [0.4, 0.5) is 17.5 Å². The second-order valence-corrected chi connectivity index (χ2v) is 7.29. The first-order valence-electron chi connectivity index (χ1n) is 9.68. The van der Waals surface area contributed by atoms with Crippen molar-refractivity contribution in [3.05, 3.63) is 66.2 Å². The fourth-order valence-corrected chi connectivity index (χ4v) is 3.38. The van der Waals surface area contributed by atoms with Gasteiger partial charge in [-0.2, -0.15) is 10.2 Å². The van der Waals surface area contributed by atoms with Gasteiger partial charge in [0.25, 0.3) is 0 Å². The van der Waals surface area contributed by atoms with E-state index in [1.807, 2.05) is 36.4 Å². The third kappa shape index (κ3) is 4.12. The van der Waals surface area contributed by atoms with Gasteiger partial charge in [0.2, 0.25) is 5.95 Å². The summed E-state index contributed by atoms with van der Waals surface area (Å²) in [5, 5.41) is 12.3. The number of piperidine rings is 1. The van der Waals surface area contributed by atoms with E-state index in [2.05, 4.69) is 35.3 Å². The van der Waals surface area contributed by atoms with E-state index < -0.39 is 0 Å². The number of nitrogens with one attached hydrogen (secondary N) is 1. The zero-order chi connectivity index (χ0) is 19.3. The Morgan fingerprint density at radius 3 is 2.39 bits per heavy atom. The van der Waals surface area contributed by atoms with Gasteiger partial charge in [-0.15, -0.1) is 0 Å². The highest BCUT2D eigenvalue weighted by Gasteiger charge is 2.19. The molecule has 1 aromatic heterocycles. The fourth-order valence-electron chi connectivity index (χ4n) is 3.38. The van der Waals surface area contributed by atoms with Crippen LogP contribution < -0.4 is 10.2 Å². The van der Waals surface area contributed by atoms with Crippen molar-refractivity contribution in [2.24, 2.45) is 5.92 Å². The number of hydrogen-bond donors (Lipinski definition) is 1. The lowest BCUT2D eigenvalue weighted by Crippen LogP contribution is -2.34. The zero-order valence-electron chi connectivity index (χ0n) is 16.0. The lowest BCUT2D eigenvalue weighted by Gasteiger charge is -2.30. The van der Waals surface area contributed by atoms with E-state index in [1.54, 1.807) is 12.1 Å². The zero-order valence-corrected chi connectivity index (χ0v) is 16.0. The molecule has 3 aromatic rings. The van der Waals surface area contributed by atoms with Crippen molar-refractivity contribution in [1.82, 2.24) is 9.97 Å². The molecule has 0 radical (unpaired) electrons. The average molecular weight is 369 g/mol. The molecule has 0 unspecified atom stereocenters. The molecule has 0 aliphatic carbocycles. The summed E-state index contributed by atoms with van der Waals surface area (Å²) in [6.45, 7) is 4.27. The summed E-state index contributed by atoms with van der Waals surface area (Å²) in [5.41, 5.74) is 3.51. The average Bonchev–Trinajstić information content (AvgIpc) is 2.75. The van der Waals surface area contributed by atoms with Crippen LogP contribution in [-0.2, 0) is 0 Å². The van der Waals surface area contributed by atoms with E-state index in [0.29, 0.717) is 5.56 Å². The van der Waals surface area contributed by atoms with Crippen LogP contribution >= 0.6 is 0 Å². The largest absolute Gasteiger partial charge is 0.341 e. The fraction of sp³-hybridized carbons (Fsp3) is 0.261. The topological polar surface area (TPSA) is 64.8 Å². The summed E-state index contributed by atoms with van der Waals surface area (Å²) >= 11 is 0. The molecule has 0 atom stereocenters. The van der Waals surface area contributed by atoms with Crippen molar-refractivity contribution in [3.8, 4) is 17.3 Å². The van der Waals surface area contributed by atoms with Crippen molar-refractivity contribution in [3.63, 3.8) is 0 Å². The van der Waals surface area contributed by atoms with Gasteiger partial charge in [0.15, 0.2) is 0 Å². The lowest BCUT2D eigenvalue weighted by molar-refractivity contribution is 0.434. The van der Waals surface area contributed by atoms with Gasteiger partial charge >= 0.3 is 0 Å². The van der Waals surface area contributed by atoms with Gasteiger partial charge in [0.1, 0.15) is 5.82 Å². The van der Waals surface area contributed by atoms with Crippen LogP contribution in [0.5, 0.6) is 0 Å². The van der Waals surface area contributed by atoms with Gasteiger partial charge in [-0.05, 0) is 43.0 Å². The SMILES string of the molecule is CC1CCN(c2nc(Nc3ccc(C#N)cc3)cc(-c3ccccc3)n2)CC1. The van der Waals surface area contributed by atoms with Crippen molar-refractivity contribution >= 4 is 17.5 Å². The quantitative estimate of drug-likeness (QED) is 0.701. The molecule has 5 nitrogen and oxygen atoms in total. The Bertz CT molecular complexity index is 968. The number of rotatable bonds is 4. The van der Waals surface area contributed by atoms with Crippen LogP contribution in [0.15, 0.2) is 60.7 Å². The van der Waals surface area contributed by atoms with Crippen molar-refractivity contribution < 1.29 is 0 Å². The minimum atomic E-state index is 0.640. The molecule has 1 aliphatic heterocycles. The highest BCUT2D eigenvalue weighted by molar-refractivity contribution is 5.67. The van der Waals surface area contributed by atoms with Crippen molar-refractivity contribution in [2.45, 2.75) is 19.8 Å². The number of anilines is 3. The first-order chi connectivity index (χ1) is 13.7. The summed E-state index contributed by atoms with van der Waals surface area (Å²) in [6.07, 6.45) is 2.33. The van der Waals surface area contributed by atoms with Crippen LogP contribution in [0, 0.1) is 17.2 Å². The Labute approximate surface area is 165 Å². The first kappa shape index (κ1) is 18.0. The van der Waals surface area contributed by atoms with E-state index in [9.17, 15) is 0 Å². The molecular weight excluding hydrogens is 346 g/mol. The maximum Gasteiger partial charge on any atom is 0.227 e. The molecule has 1 saturated heterocycles. The number of aromatic nitrogens is 2.